The molecule has 0 bridgehead atoms. The number of rotatable bonds is 4. The Balaban J connectivity index is 2.37. The van der Waals surface area contributed by atoms with Gasteiger partial charge in [-0.1, -0.05) is 12.1 Å². The van der Waals surface area contributed by atoms with E-state index in [0.717, 1.165) is 5.56 Å². The number of hydrogen-bond acceptors (Lipinski definition) is 4. The number of hydrogen-bond donors (Lipinski definition) is 2. The van der Waals surface area contributed by atoms with Crippen LogP contribution in [0.25, 0.3) is 0 Å². The predicted octanol–water partition coefficient (Wildman–Crippen LogP) is 2.37. The van der Waals surface area contributed by atoms with E-state index in [9.17, 15) is 5.11 Å². The first-order valence-corrected chi connectivity index (χ1v) is 5.91. The van der Waals surface area contributed by atoms with Gasteiger partial charge in [0.25, 0.3) is 0 Å². The molecule has 0 aromatic heterocycles. The molecule has 4 nitrogen and oxygen atoms in total. The molecule has 0 radical (unpaired) electrons. The molecule has 0 heterocycles. The van der Waals surface area contributed by atoms with Crippen molar-refractivity contribution in [2.75, 3.05) is 20.0 Å². The third-order valence-electron chi connectivity index (χ3n) is 2.99. The Kier molecular flexibility index (Phi) is 3.92. The van der Waals surface area contributed by atoms with E-state index >= 15 is 0 Å². The summed E-state index contributed by atoms with van der Waals surface area (Å²) in [7, 11) is 3.15. The van der Waals surface area contributed by atoms with Gasteiger partial charge >= 0.3 is 0 Å². The van der Waals surface area contributed by atoms with Gasteiger partial charge in [0.05, 0.1) is 14.2 Å². The van der Waals surface area contributed by atoms with Gasteiger partial charge in [-0.3, -0.25) is 0 Å². The molecule has 0 spiro atoms. The number of nitrogen functional groups attached to an aromatic ring is 1. The van der Waals surface area contributed by atoms with E-state index in [1.165, 1.54) is 0 Å². The summed E-state index contributed by atoms with van der Waals surface area (Å²) in [5.74, 6) is 1.27. The lowest BCUT2D eigenvalue weighted by Crippen LogP contribution is -2.03. The zero-order valence-corrected chi connectivity index (χ0v) is 11.0. The molecule has 1 atom stereocenters. The maximum absolute atomic E-state index is 10.4. The van der Waals surface area contributed by atoms with Crippen LogP contribution in [0.2, 0.25) is 0 Å². The van der Waals surface area contributed by atoms with Gasteiger partial charge in [-0.2, -0.15) is 0 Å². The Morgan fingerprint density at radius 2 is 1.68 bits per heavy atom. The van der Waals surface area contributed by atoms with Crippen LogP contribution in [0.5, 0.6) is 11.5 Å². The number of ether oxygens (including phenoxy) is 2. The maximum atomic E-state index is 10.4. The highest BCUT2D eigenvalue weighted by atomic mass is 16.5. The van der Waals surface area contributed by atoms with Crippen molar-refractivity contribution in [1.29, 1.82) is 0 Å². The zero-order chi connectivity index (χ0) is 13.8. The molecule has 0 aliphatic rings. The SMILES string of the molecule is COc1ccc([C@@H](O)c2ccc(N)cc2)c(OC)c1. The van der Waals surface area contributed by atoms with Crippen LogP contribution >= 0.6 is 0 Å². The van der Waals surface area contributed by atoms with E-state index in [4.69, 9.17) is 15.2 Å². The van der Waals surface area contributed by atoms with Gasteiger partial charge in [0.2, 0.25) is 0 Å². The number of methoxy groups -OCH3 is 2. The minimum atomic E-state index is -0.763. The molecule has 0 unspecified atom stereocenters. The van der Waals surface area contributed by atoms with Gasteiger partial charge in [0.15, 0.2) is 0 Å². The zero-order valence-electron chi connectivity index (χ0n) is 11.0. The Labute approximate surface area is 112 Å². The van der Waals surface area contributed by atoms with E-state index in [1.54, 1.807) is 56.7 Å². The van der Waals surface area contributed by atoms with E-state index < -0.39 is 6.10 Å². The molecule has 3 N–H and O–H groups in total. The number of benzene rings is 2. The lowest BCUT2D eigenvalue weighted by atomic mass is 10.0. The molecule has 0 saturated carbocycles. The molecule has 19 heavy (non-hydrogen) atoms. The van der Waals surface area contributed by atoms with Crippen LogP contribution < -0.4 is 15.2 Å². The third kappa shape index (κ3) is 2.80. The van der Waals surface area contributed by atoms with Gasteiger partial charge in [-0.05, 0) is 29.8 Å². The second-order valence-electron chi connectivity index (χ2n) is 4.18. The first-order valence-electron chi connectivity index (χ1n) is 5.91. The largest absolute Gasteiger partial charge is 0.497 e. The fourth-order valence-corrected chi connectivity index (χ4v) is 1.90. The third-order valence-corrected chi connectivity index (χ3v) is 2.99. The molecule has 2 rings (SSSR count). The smallest absolute Gasteiger partial charge is 0.128 e. The molecule has 0 aliphatic carbocycles. The maximum Gasteiger partial charge on any atom is 0.128 e. The molecule has 2 aromatic rings. The molecule has 2 aromatic carbocycles. The highest BCUT2D eigenvalue weighted by Gasteiger charge is 2.16. The number of aliphatic hydroxyl groups excluding tert-OH is 1. The van der Waals surface area contributed by atoms with Gasteiger partial charge in [0.1, 0.15) is 17.6 Å². The first-order chi connectivity index (χ1) is 9.15. The van der Waals surface area contributed by atoms with E-state index in [-0.39, 0.29) is 0 Å². The van der Waals surface area contributed by atoms with Crippen molar-refractivity contribution in [3.8, 4) is 11.5 Å². The summed E-state index contributed by atoms with van der Waals surface area (Å²) in [6, 6.07) is 12.4. The summed E-state index contributed by atoms with van der Waals surface area (Å²) in [6.45, 7) is 0. The molecular formula is C15H17NO3. The lowest BCUT2D eigenvalue weighted by molar-refractivity contribution is 0.214. The summed E-state index contributed by atoms with van der Waals surface area (Å²) < 4.78 is 10.4. The molecule has 0 amide bonds. The minimum Gasteiger partial charge on any atom is -0.497 e. The summed E-state index contributed by atoms with van der Waals surface area (Å²) >= 11 is 0. The molecule has 100 valence electrons. The van der Waals surface area contributed by atoms with Crippen molar-refractivity contribution >= 4 is 5.69 Å². The molecule has 4 heteroatoms. The molecule has 0 fully saturated rings. The van der Waals surface area contributed by atoms with Crippen molar-refractivity contribution in [3.63, 3.8) is 0 Å². The van der Waals surface area contributed by atoms with Crippen molar-refractivity contribution in [3.05, 3.63) is 53.6 Å². The van der Waals surface area contributed by atoms with E-state index in [0.29, 0.717) is 22.7 Å². The first kappa shape index (κ1) is 13.2. The van der Waals surface area contributed by atoms with Crippen LogP contribution in [0.15, 0.2) is 42.5 Å². The molecule has 0 aliphatic heterocycles. The average molecular weight is 259 g/mol. The summed E-state index contributed by atoms with van der Waals surface area (Å²) in [4.78, 5) is 0. The number of aliphatic hydroxyl groups is 1. The lowest BCUT2D eigenvalue weighted by Gasteiger charge is -2.16. The summed E-state index contributed by atoms with van der Waals surface area (Å²) in [6.07, 6.45) is -0.763. The Morgan fingerprint density at radius 1 is 1.00 bits per heavy atom. The highest BCUT2D eigenvalue weighted by molar-refractivity contribution is 5.47. The fraction of sp³-hybridized carbons (Fsp3) is 0.200. The topological polar surface area (TPSA) is 64.7 Å². The summed E-state index contributed by atoms with van der Waals surface area (Å²) in [5.41, 5.74) is 7.75. The standard InChI is InChI=1S/C15H17NO3/c1-18-12-7-8-13(14(9-12)19-2)15(17)10-3-5-11(16)6-4-10/h3-9,15,17H,16H2,1-2H3/t15-/m0/s1. The van der Waals surface area contributed by atoms with Crippen molar-refractivity contribution in [2.45, 2.75) is 6.10 Å². The van der Waals surface area contributed by atoms with E-state index in [1.807, 2.05) is 0 Å². The molecular weight excluding hydrogens is 242 g/mol. The Morgan fingerprint density at radius 3 is 2.26 bits per heavy atom. The second-order valence-corrected chi connectivity index (χ2v) is 4.18. The number of nitrogens with two attached hydrogens (primary N) is 1. The van der Waals surface area contributed by atoms with Crippen molar-refractivity contribution in [1.82, 2.24) is 0 Å². The van der Waals surface area contributed by atoms with Crippen LogP contribution in [0.1, 0.15) is 17.2 Å². The monoisotopic (exact) mass is 259 g/mol. The summed E-state index contributed by atoms with van der Waals surface area (Å²) in [5, 5.41) is 10.4. The van der Waals surface area contributed by atoms with Crippen LogP contribution in [-0.4, -0.2) is 19.3 Å². The highest BCUT2D eigenvalue weighted by Crippen LogP contribution is 2.33. The van der Waals surface area contributed by atoms with Crippen molar-refractivity contribution in [2.24, 2.45) is 0 Å². The number of anilines is 1. The van der Waals surface area contributed by atoms with Gasteiger partial charge in [0, 0.05) is 17.3 Å². The normalized spacial score (nSPS) is 11.9. The van der Waals surface area contributed by atoms with E-state index in [2.05, 4.69) is 0 Å². The van der Waals surface area contributed by atoms with Crippen LogP contribution in [0, 0.1) is 0 Å². The van der Waals surface area contributed by atoms with Crippen molar-refractivity contribution < 1.29 is 14.6 Å². The van der Waals surface area contributed by atoms with Crippen LogP contribution in [0.3, 0.4) is 0 Å². The quantitative estimate of drug-likeness (QED) is 0.827. The van der Waals surface area contributed by atoms with Crippen LogP contribution in [0.4, 0.5) is 5.69 Å². The average Bonchev–Trinajstić information content (AvgIpc) is 2.46. The minimum absolute atomic E-state index is 0.587. The Bertz CT molecular complexity index is 552. The van der Waals surface area contributed by atoms with Gasteiger partial charge in [-0.15, -0.1) is 0 Å². The van der Waals surface area contributed by atoms with Crippen LogP contribution in [-0.2, 0) is 0 Å². The van der Waals surface area contributed by atoms with Gasteiger partial charge < -0.3 is 20.3 Å². The fourth-order valence-electron chi connectivity index (χ4n) is 1.90. The molecule has 0 saturated heterocycles. The van der Waals surface area contributed by atoms with Gasteiger partial charge in [-0.25, -0.2) is 0 Å². The second kappa shape index (κ2) is 5.63. The predicted molar refractivity (Wildman–Crippen MR) is 74.5 cm³/mol. The Hall–Kier alpha value is -2.20.